The van der Waals surface area contributed by atoms with Gasteiger partial charge in [-0.05, 0) is 41.9 Å². The van der Waals surface area contributed by atoms with Gasteiger partial charge in [-0.15, -0.1) is 0 Å². The van der Waals surface area contributed by atoms with Gasteiger partial charge in [0.25, 0.3) is 0 Å². The first kappa shape index (κ1) is 15.7. The van der Waals surface area contributed by atoms with Crippen LogP contribution in [-0.4, -0.2) is 38.0 Å². The lowest BCUT2D eigenvalue weighted by Crippen LogP contribution is -2.50. The van der Waals surface area contributed by atoms with Gasteiger partial charge in [0.2, 0.25) is 10.0 Å². The highest BCUT2D eigenvalue weighted by Gasteiger charge is 2.36. The molecule has 2 rings (SSSR count). The Morgan fingerprint density at radius 2 is 2.10 bits per heavy atom. The molecule has 20 heavy (non-hydrogen) atoms. The standard InChI is InChI=1S/C12H16BrFN2O3S/c1-12(2)7-16(3-4-19-12)20(17,18)10-6-8(15)5-9(13)11(10)14/h5-6H,3-4,7,15H2,1-2H3. The van der Waals surface area contributed by atoms with Gasteiger partial charge in [0.15, 0.2) is 5.82 Å². The molecule has 1 aromatic rings. The van der Waals surface area contributed by atoms with Crippen LogP contribution in [0.25, 0.3) is 0 Å². The minimum atomic E-state index is -3.94. The van der Waals surface area contributed by atoms with Crippen LogP contribution in [-0.2, 0) is 14.8 Å². The van der Waals surface area contributed by atoms with Crippen molar-refractivity contribution >= 4 is 31.6 Å². The molecule has 1 aromatic carbocycles. The number of nitrogens with two attached hydrogens (primary N) is 1. The summed E-state index contributed by atoms with van der Waals surface area (Å²) < 4.78 is 45.9. The molecule has 0 atom stereocenters. The number of halogens is 2. The Kier molecular flexibility index (Phi) is 4.12. The predicted octanol–water partition coefficient (Wildman–Crippen LogP) is 1.97. The molecule has 0 radical (unpaired) electrons. The Labute approximate surface area is 126 Å². The van der Waals surface area contributed by atoms with Crippen LogP contribution in [0.2, 0.25) is 0 Å². The number of rotatable bonds is 2. The van der Waals surface area contributed by atoms with Crippen molar-refractivity contribution in [3.63, 3.8) is 0 Å². The summed E-state index contributed by atoms with van der Waals surface area (Å²) >= 11 is 2.97. The van der Waals surface area contributed by atoms with Gasteiger partial charge >= 0.3 is 0 Å². The third kappa shape index (κ3) is 2.98. The largest absolute Gasteiger partial charge is 0.399 e. The molecule has 0 saturated carbocycles. The molecule has 1 heterocycles. The van der Waals surface area contributed by atoms with Gasteiger partial charge in [-0.3, -0.25) is 0 Å². The summed E-state index contributed by atoms with van der Waals surface area (Å²) in [5, 5.41) is 0. The summed E-state index contributed by atoms with van der Waals surface area (Å²) in [6.45, 7) is 4.22. The van der Waals surface area contributed by atoms with Crippen LogP contribution < -0.4 is 5.73 Å². The normalized spacial score (nSPS) is 20.0. The molecule has 1 fully saturated rings. The number of anilines is 1. The Balaban J connectivity index is 2.46. The third-order valence-corrected chi connectivity index (χ3v) is 5.45. The zero-order chi connectivity index (χ0) is 15.1. The lowest BCUT2D eigenvalue weighted by atomic mass is 10.1. The summed E-state index contributed by atoms with van der Waals surface area (Å²) in [6, 6.07) is 2.47. The number of nitrogen functional groups attached to an aromatic ring is 1. The Morgan fingerprint density at radius 3 is 2.70 bits per heavy atom. The van der Waals surface area contributed by atoms with Gasteiger partial charge in [0.1, 0.15) is 4.90 Å². The maximum atomic E-state index is 14.1. The van der Waals surface area contributed by atoms with E-state index in [2.05, 4.69) is 15.9 Å². The van der Waals surface area contributed by atoms with E-state index in [9.17, 15) is 12.8 Å². The molecule has 1 aliphatic heterocycles. The number of sulfonamides is 1. The van der Waals surface area contributed by atoms with Crippen LogP contribution in [0.4, 0.5) is 10.1 Å². The average molecular weight is 367 g/mol. The highest BCUT2D eigenvalue weighted by Crippen LogP contribution is 2.30. The van der Waals surface area contributed by atoms with Crippen molar-refractivity contribution in [1.82, 2.24) is 4.31 Å². The molecule has 1 aliphatic rings. The zero-order valence-electron chi connectivity index (χ0n) is 11.2. The lowest BCUT2D eigenvalue weighted by molar-refractivity contribution is -0.0640. The molecule has 1 saturated heterocycles. The topological polar surface area (TPSA) is 72.6 Å². The molecule has 8 heteroatoms. The molecule has 5 nitrogen and oxygen atoms in total. The van der Waals surface area contributed by atoms with Crippen LogP contribution in [0.1, 0.15) is 13.8 Å². The molecule has 2 N–H and O–H groups in total. The van der Waals surface area contributed by atoms with Crippen LogP contribution in [0, 0.1) is 5.82 Å². The quantitative estimate of drug-likeness (QED) is 0.812. The first-order valence-electron chi connectivity index (χ1n) is 6.02. The first-order valence-corrected chi connectivity index (χ1v) is 8.25. The van der Waals surface area contributed by atoms with Crippen molar-refractivity contribution in [2.45, 2.75) is 24.3 Å². The number of nitrogens with zero attached hydrogens (tertiary/aromatic N) is 1. The van der Waals surface area contributed by atoms with E-state index in [1.54, 1.807) is 13.8 Å². The number of hydrogen-bond donors (Lipinski definition) is 1. The number of benzene rings is 1. The molecule has 0 aromatic heterocycles. The maximum absolute atomic E-state index is 14.1. The molecule has 0 spiro atoms. The summed E-state index contributed by atoms with van der Waals surface area (Å²) in [7, 11) is -3.94. The van der Waals surface area contributed by atoms with Crippen molar-refractivity contribution < 1.29 is 17.5 Å². The van der Waals surface area contributed by atoms with Crippen molar-refractivity contribution in [2.24, 2.45) is 0 Å². The summed E-state index contributed by atoms with van der Waals surface area (Å²) in [5.74, 6) is -0.830. The highest BCUT2D eigenvalue weighted by molar-refractivity contribution is 9.10. The first-order chi connectivity index (χ1) is 9.13. The Bertz CT molecular complexity index is 634. The van der Waals surface area contributed by atoms with Gasteiger partial charge in [0, 0.05) is 18.8 Å². The van der Waals surface area contributed by atoms with Crippen LogP contribution >= 0.6 is 15.9 Å². The van der Waals surface area contributed by atoms with Crippen molar-refractivity contribution in [1.29, 1.82) is 0 Å². The van der Waals surface area contributed by atoms with E-state index in [4.69, 9.17) is 10.5 Å². The molecule has 0 amide bonds. The number of hydrogen-bond acceptors (Lipinski definition) is 4. The van der Waals surface area contributed by atoms with Crippen LogP contribution in [0.15, 0.2) is 21.5 Å². The van der Waals surface area contributed by atoms with Gasteiger partial charge in [0.05, 0.1) is 16.7 Å². The molecule has 0 bridgehead atoms. The SMILES string of the molecule is CC1(C)CN(S(=O)(=O)c2cc(N)cc(Br)c2F)CCO1. The summed E-state index contributed by atoms with van der Waals surface area (Å²) in [6.07, 6.45) is 0. The van der Waals surface area contributed by atoms with Crippen LogP contribution in [0.3, 0.4) is 0 Å². The minimum absolute atomic E-state index is 0.0311. The molecule has 112 valence electrons. The molecular formula is C12H16BrFN2O3S. The van der Waals surface area contributed by atoms with E-state index in [0.29, 0.717) is 0 Å². The second-order valence-corrected chi connectivity index (χ2v) is 8.02. The predicted molar refractivity (Wildman–Crippen MR) is 77.3 cm³/mol. The van der Waals surface area contributed by atoms with Gasteiger partial charge in [-0.25, -0.2) is 12.8 Å². The van der Waals surface area contributed by atoms with Gasteiger partial charge in [-0.1, -0.05) is 0 Å². The van der Waals surface area contributed by atoms with Crippen molar-refractivity contribution in [3.8, 4) is 0 Å². The number of morpholine rings is 1. The van der Waals surface area contributed by atoms with Crippen molar-refractivity contribution in [3.05, 3.63) is 22.4 Å². The monoisotopic (exact) mass is 366 g/mol. The highest BCUT2D eigenvalue weighted by atomic mass is 79.9. The van der Waals surface area contributed by atoms with E-state index in [1.165, 1.54) is 10.4 Å². The van der Waals surface area contributed by atoms with Crippen LogP contribution in [0.5, 0.6) is 0 Å². The second-order valence-electron chi connectivity index (χ2n) is 5.26. The maximum Gasteiger partial charge on any atom is 0.246 e. The minimum Gasteiger partial charge on any atom is -0.399 e. The summed E-state index contributed by atoms with van der Waals surface area (Å²) in [5.41, 5.74) is 5.19. The van der Waals surface area contributed by atoms with Gasteiger partial charge < -0.3 is 10.5 Å². The Hall–Kier alpha value is -0.700. The fraction of sp³-hybridized carbons (Fsp3) is 0.500. The fourth-order valence-corrected chi connectivity index (χ4v) is 4.39. The average Bonchev–Trinajstić information content (AvgIpc) is 2.32. The van der Waals surface area contributed by atoms with E-state index in [1.807, 2.05) is 0 Å². The Morgan fingerprint density at radius 1 is 1.45 bits per heavy atom. The third-order valence-electron chi connectivity index (χ3n) is 3.03. The smallest absolute Gasteiger partial charge is 0.246 e. The van der Waals surface area contributed by atoms with E-state index >= 15 is 0 Å². The van der Waals surface area contributed by atoms with E-state index < -0.39 is 26.3 Å². The number of ether oxygens (including phenoxy) is 1. The fourth-order valence-electron chi connectivity index (χ4n) is 2.09. The van der Waals surface area contributed by atoms with Gasteiger partial charge in [-0.2, -0.15) is 4.31 Å². The van der Waals surface area contributed by atoms with E-state index in [0.717, 1.165) is 6.07 Å². The second kappa shape index (κ2) is 5.25. The van der Waals surface area contributed by atoms with Crippen molar-refractivity contribution in [2.75, 3.05) is 25.4 Å². The molecule has 0 aliphatic carbocycles. The molecule has 0 unspecified atom stereocenters. The summed E-state index contributed by atoms with van der Waals surface area (Å²) in [4.78, 5) is -0.415. The zero-order valence-corrected chi connectivity index (χ0v) is 13.6. The lowest BCUT2D eigenvalue weighted by Gasteiger charge is -2.37. The van der Waals surface area contributed by atoms with E-state index in [-0.39, 0.29) is 29.9 Å². The molecular weight excluding hydrogens is 351 g/mol.